The fraction of sp³-hybridized carbons (Fsp3) is 0.667. The van der Waals surface area contributed by atoms with Crippen molar-refractivity contribution in [2.24, 2.45) is 0 Å². The van der Waals surface area contributed by atoms with E-state index in [2.05, 4.69) is 31.4 Å². The van der Waals surface area contributed by atoms with Crippen LogP contribution in [0.15, 0.2) is 12.8 Å². The van der Waals surface area contributed by atoms with Crippen LogP contribution in [-0.2, 0) is 0 Å². The Hall–Kier alpha value is -0.110. The standard InChI is InChI=1S/C6H13NS/c1-4-6(3,8)7-5-2/h5,7-8H,2,4H2,1,3H3. The van der Waals surface area contributed by atoms with E-state index < -0.39 is 0 Å². The van der Waals surface area contributed by atoms with Gasteiger partial charge in [0.25, 0.3) is 0 Å². The Kier molecular flexibility index (Phi) is 2.98. The van der Waals surface area contributed by atoms with Gasteiger partial charge in [-0.05, 0) is 19.5 Å². The van der Waals surface area contributed by atoms with Crippen LogP contribution in [0.2, 0.25) is 0 Å². The largest absolute Gasteiger partial charge is 0.378 e. The summed E-state index contributed by atoms with van der Waals surface area (Å²) < 4.78 is 0. The lowest BCUT2D eigenvalue weighted by molar-refractivity contribution is 0.567. The second-order valence-electron chi connectivity index (χ2n) is 1.98. The molecule has 0 amide bonds. The van der Waals surface area contributed by atoms with Crippen molar-refractivity contribution in [3.63, 3.8) is 0 Å². The molecule has 0 saturated heterocycles. The van der Waals surface area contributed by atoms with Crippen LogP contribution >= 0.6 is 12.6 Å². The van der Waals surface area contributed by atoms with Crippen LogP contribution in [0.3, 0.4) is 0 Å². The summed E-state index contributed by atoms with van der Waals surface area (Å²) in [6.45, 7) is 7.62. The molecule has 0 heterocycles. The molecule has 0 aliphatic rings. The molecule has 0 radical (unpaired) electrons. The van der Waals surface area contributed by atoms with Gasteiger partial charge in [0, 0.05) is 0 Å². The van der Waals surface area contributed by atoms with Crippen LogP contribution < -0.4 is 5.32 Å². The van der Waals surface area contributed by atoms with Crippen molar-refractivity contribution in [1.82, 2.24) is 5.32 Å². The summed E-state index contributed by atoms with van der Waals surface area (Å²) in [7, 11) is 0. The number of rotatable bonds is 3. The summed E-state index contributed by atoms with van der Waals surface area (Å²) in [5.74, 6) is 0. The predicted molar refractivity (Wildman–Crippen MR) is 41.0 cm³/mol. The highest BCUT2D eigenvalue weighted by Gasteiger charge is 2.11. The third-order valence-electron chi connectivity index (χ3n) is 1.10. The van der Waals surface area contributed by atoms with Crippen LogP contribution in [0.1, 0.15) is 20.3 Å². The SMILES string of the molecule is C=CNC(C)(S)CC. The van der Waals surface area contributed by atoms with Crippen LogP contribution in [0.25, 0.3) is 0 Å². The van der Waals surface area contributed by atoms with Crippen molar-refractivity contribution in [1.29, 1.82) is 0 Å². The van der Waals surface area contributed by atoms with Gasteiger partial charge in [0.15, 0.2) is 0 Å². The van der Waals surface area contributed by atoms with E-state index in [0.29, 0.717) is 0 Å². The first-order chi connectivity index (χ1) is 3.62. The Balaban J connectivity index is 3.53. The lowest BCUT2D eigenvalue weighted by Crippen LogP contribution is -2.31. The van der Waals surface area contributed by atoms with Gasteiger partial charge in [-0.15, -0.1) is 0 Å². The minimum absolute atomic E-state index is 0.0816. The van der Waals surface area contributed by atoms with Crippen LogP contribution in [0.4, 0.5) is 0 Å². The maximum absolute atomic E-state index is 4.28. The first-order valence-electron chi connectivity index (χ1n) is 2.73. The first-order valence-corrected chi connectivity index (χ1v) is 3.18. The molecule has 8 heavy (non-hydrogen) atoms. The van der Waals surface area contributed by atoms with E-state index in [0.717, 1.165) is 6.42 Å². The number of hydrogen-bond donors (Lipinski definition) is 2. The van der Waals surface area contributed by atoms with E-state index in [1.165, 1.54) is 0 Å². The third kappa shape index (κ3) is 2.97. The zero-order valence-electron chi connectivity index (χ0n) is 5.44. The molecule has 0 bridgehead atoms. The first kappa shape index (κ1) is 7.89. The second-order valence-corrected chi connectivity index (χ2v) is 2.96. The minimum Gasteiger partial charge on any atom is -0.378 e. The Morgan fingerprint density at radius 2 is 2.38 bits per heavy atom. The van der Waals surface area contributed by atoms with Gasteiger partial charge in [-0.25, -0.2) is 0 Å². The highest BCUT2D eigenvalue weighted by molar-refractivity contribution is 7.81. The van der Waals surface area contributed by atoms with E-state index in [4.69, 9.17) is 0 Å². The molecule has 0 saturated carbocycles. The molecule has 0 aliphatic heterocycles. The Morgan fingerprint density at radius 1 is 1.88 bits per heavy atom. The van der Waals surface area contributed by atoms with Crippen molar-refractivity contribution >= 4 is 12.6 Å². The normalized spacial score (nSPS) is 16.9. The minimum atomic E-state index is -0.0816. The van der Waals surface area contributed by atoms with Gasteiger partial charge in [-0.2, -0.15) is 12.6 Å². The Labute approximate surface area is 56.6 Å². The molecule has 0 aliphatic carbocycles. The quantitative estimate of drug-likeness (QED) is 0.439. The topological polar surface area (TPSA) is 12.0 Å². The van der Waals surface area contributed by atoms with Crippen molar-refractivity contribution in [3.05, 3.63) is 12.8 Å². The van der Waals surface area contributed by atoms with E-state index in [-0.39, 0.29) is 4.87 Å². The molecule has 1 nitrogen and oxygen atoms in total. The summed E-state index contributed by atoms with van der Waals surface area (Å²) in [5, 5.41) is 3.00. The monoisotopic (exact) mass is 131 g/mol. The van der Waals surface area contributed by atoms with E-state index in [1.54, 1.807) is 6.20 Å². The molecule has 0 rings (SSSR count). The highest BCUT2D eigenvalue weighted by Crippen LogP contribution is 2.12. The van der Waals surface area contributed by atoms with Gasteiger partial charge >= 0.3 is 0 Å². The maximum Gasteiger partial charge on any atom is 0.0768 e. The number of thiol groups is 1. The zero-order valence-corrected chi connectivity index (χ0v) is 6.33. The average Bonchev–Trinajstić information content (AvgIpc) is 1.67. The van der Waals surface area contributed by atoms with Crippen molar-refractivity contribution in [2.75, 3.05) is 0 Å². The molecule has 48 valence electrons. The Bertz CT molecular complexity index is 78.6. The van der Waals surface area contributed by atoms with E-state index in [9.17, 15) is 0 Å². The smallest absolute Gasteiger partial charge is 0.0768 e. The fourth-order valence-electron chi connectivity index (χ4n) is 0.322. The molecule has 1 atom stereocenters. The third-order valence-corrected chi connectivity index (χ3v) is 1.55. The van der Waals surface area contributed by atoms with Crippen molar-refractivity contribution in [2.45, 2.75) is 25.1 Å². The highest BCUT2D eigenvalue weighted by atomic mass is 32.1. The summed E-state index contributed by atoms with van der Waals surface area (Å²) in [6.07, 6.45) is 2.65. The summed E-state index contributed by atoms with van der Waals surface area (Å²) in [6, 6.07) is 0. The van der Waals surface area contributed by atoms with Gasteiger partial charge < -0.3 is 5.32 Å². The average molecular weight is 131 g/mol. The molecule has 0 aromatic rings. The maximum atomic E-state index is 4.28. The Morgan fingerprint density at radius 3 is 2.50 bits per heavy atom. The number of nitrogens with one attached hydrogen (secondary N) is 1. The van der Waals surface area contributed by atoms with E-state index in [1.807, 2.05) is 6.92 Å². The predicted octanol–water partition coefficient (Wildman–Crippen LogP) is 1.78. The van der Waals surface area contributed by atoms with Gasteiger partial charge in [0.1, 0.15) is 0 Å². The molecule has 0 aromatic heterocycles. The molecule has 1 unspecified atom stereocenters. The van der Waals surface area contributed by atoms with Crippen molar-refractivity contribution < 1.29 is 0 Å². The van der Waals surface area contributed by atoms with Gasteiger partial charge in [0.05, 0.1) is 4.87 Å². The number of hydrogen-bond acceptors (Lipinski definition) is 2. The summed E-state index contributed by atoms with van der Waals surface area (Å²) in [4.78, 5) is -0.0816. The molecule has 2 heteroatoms. The lowest BCUT2D eigenvalue weighted by Gasteiger charge is -2.21. The summed E-state index contributed by atoms with van der Waals surface area (Å²) >= 11 is 4.28. The van der Waals surface area contributed by atoms with Gasteiger partial charge in [-0.3, -0.25) is 0 Å². The zero-order chi connectivity index (χ0) is 6.62. The molecule has 0 aromatic carbocycles. The molecular formula is C6H13NS. The van der Waals surface area contributed by atoms with Crippen molar-refractivity contribution in [3.8, 4) is 0 Å². The lowest BCUT2D eigenvalue weighted by atomic mass is 10.2. The summed E-state index contributed by atoms with van der Waals surface area (Å²) in [5.41, 5.74) is 0. The van der Waals surface area contributed by atoms with Gasteiger partial charge in [0.2, 0.25) is 0 Å². The van der Waals surface area contributed by atoms with E-state index >= 15 is 0 Å². The molecule has 1 N–H and O–H groups in total. The molecule has 0 fully saturated rings. The van der Waals surface area contributed by atoms with Crippen LogP contribution in [0.5, 0.6) is 0 Å². The van der Waals surface area contributed by atoms with Crippen LogP contribution in [0, 0.1) is 0 Å². The molecular weight excluding hydrogens is 118 g/mol. The fourth-order valence-corrected chi connectivity index (χ4v) is 0.413. The second kappa shape index (κ2) is 3.02. The van der Waals surface area contributed by atoms with Gasteiger partial charge in [-0.1, -0.05) is 13.5 Å². The molecule has 0 spiro atoms. The van der Waals surface area contributed by atoms with Crippen LogP contribution in [-0.4, -0.2) is 4.87 Å².